The van der Waals surface area contributed by atoms with Crippen LogP contribution in [-0.2, 0) is 19.4 Å². The molecule has 3 heterocycles. The van der Waals surface area contributed by atoms with Crippen LogP contribution >= 0.6 is 0 Å². The Balaban J connectivity index is 1.50. The number of aryl methyl sites for hydroxylation is 2. The SMILES string of the molecule is CC(C)c1nnc(CN2CCC[C@@H]2c2nc3c([nH]2)CCCC3)o1. The minimum absolute atomic E-state index is 0.280. The van der Waals surface area contributed by atoms with E-state index in [1.165, 1.54) is 30.7 Å². The lowest BCUT2D eigenvalue weighted by Crippen LogP contribution is -2.23. The second kappa shape index (κ2) is 6.07. The first-order valence-corrected chi connectivity index (χ1v) is 8.84. The van der Waals surface area contributed by atoms with Gasteiger partial charge in [-0.3, -0.25) is 4.90 Å². The van der Waals surface area contributed by atoms with Gasteiger partial charge in [-0.25, -0.2) is 4.98 Å². The first kappa shape index (κ1) is 14.9. The molecule has 1 N–H and O–H groups in total. The molecule has 0 spiro atoms. The maximum Gasteiger partial charge on any atom is 0.230 e. The number of hydrogen-bond donors (Lipinski definition) is 1. The number of aromatic nitrogens is 4. The van der Waals surface area contributed by atoms with E-state index in [1.54, 1.807) is 0 Å². The number of fused-ring (bicyclic) bond motifs is 1. The van der Waals surface area contributed by atoms with E-state index < -0.39 is 0 Å². The molecule has 1 saturated heterocycles. The topological polar surface area (TPSA) is 70.8 Å². The summed E-state index contributed by atoms with van der Waals surface area (Å²) in [5.74, 6) is 2.86. The van der Waals surface area contributed by atoms with Crippen molar-refractivity contribution >= 4 is 0 Å². The van der Waals surface area contributed by atoms with Crippen LogP contribution in [0.2, 0.25) is 0 Å². The molecule has 1 fully saturated rings. The summed E-state index contributed by atoms with van der Waals surface area (Å²) in [6.07, 6.45) is 7.17. The predicted molar refractivity (Wildman–Crippen MR) is 86.0 cm³/mol. The van der Waals surface area contributed by atoms with Crippen molar-refractivity contribution in [2.75, 3.05) is 6.54 Å². The Morgan fingerprint density at radius 1 is 1.22 bits per heavy atom. The summed E-state index contributed by atoms with van der Waals surface area (Å²) >= 11 is 0. The molecule has 6 heteroatoms. The maximum absolute atomic E-state index is 5.78. The lowest BCUT2D eigenvalue weighted by molar-refractivity contribution is 0.214. The second-order valence-corrected chi connectivity index (χ2v) is 7.07. The van der Waals surface area contributed by atoms with Gasteiger partial charge >= 0.3 is 0 Å². The highest BCUT2D eigenvalue weighted by molar-refractivity contribution is 5.19. The first-order chi connectivity index (χ1) is 11.2. The molecule has 2 aliphatic rings. The molecule has 6 nitrogen and oxygen atoms in total. The van der Waals surface area contributed by atoms with Gasteiger partial charge in [0.05, 0.1) is 18.3 Å². The number of nitrogens with one attached hydrogen (secondary N) is 1. The van der Waals surface area contributed by atoms with Gasteiger partial charge in [-0.1, -0.05) is 13.8 Å². The number of rotatable bonds is 4. The average molecular weight is 315 g/mol. The van der Waals surface area contributed by atoms with Gasteiger partial charge in [0.2, 0.25) is 11.8 Å². The van der Waals surface area contributed by atoms with Crippen LogP contribution in [0.3, 0.4) is 0 Å². The monoisotopic (exact) mass is 315 g/mol. The molecule has 0 radical (unpaired) electrons. The average Bonchev–Trinajstić information content (AvgIpc) is 3.25. The van der Waals surface area contributed by atoms with Gasteiger partial charge in [0.15, 0.2) is 0 Å². The van der Waals surface area contributed by atoms with E-state index in [2.05, 4.69) is 33.9 Å². The van der Waals surface area contributed by atoms with Gasteiger partial charge in [-0.15, -0.1) is 10.2 Å². The lowest BCUT2D eigenvalue weighted by Gasteiger charge is -2.20. The van der Waals surface area contributed by atoms with E-state index in [1.807, 2.05) is 0 Å². The fourth-order valence-corrected chi connectivity index (χ4v) is 3.70. The minimum atomic E-state index is 0.280. The van der Waals surface area contributed by atoms with E-state index in [0.717, 1.165) is 50.0 Å². The Labute approximate surface area is 136 Å². The van der Waals surface area contributed by atoms with E-state index in [0.29, 0.717) is 6.04 Å². The zero-order chi connectivity index (χ0) is 15.8. The highest BCUT2D eigenvalue weighted by Crippen LogP contribution is 2.33. The zero-order valence-corrected chi connectivity index (χ0v) is 14.0. The van der Waals surface area contributed by atoms with Gasteiger partial charge < -0.3 is 9.40 Å². The van der Waals surface area contributed by atoms with Crippen molar-refractivity contribution in [2.24, 2.45) is 0 Å². The van der Waals surface area contributed by atoms with E-state index in [4.69, 9.17) is 9.40 Å². The Bertz CT molecular complexity index is 651. The molecule has 0 bridgehead atoms. The number of imidazole rings is 1. The highest BCUT2D eigenvalue weighted by Gasteiger charge is 2.31. The molecule has 0 amide bonds. The molecule has 0 saturated carbocycles. The zero-order valence-electron chi connectivity index (χ0n) is 14.0. The summed E-state index contributed by atoms with van der Waals surface area (Å²) in [7, 11) is 0. The second-order valence-electron chi connectivity index (χ2n) is 7.07. The molecule has 1 aliphatic carbocycles. The molecule has 2 aromatic heterocycles. The van der Waals surface area contributed by atoms with Crippen molar-refractivity contribution in [2.45, 2.75) is 70.9 Å². The Morgan fingerprint density at radius 3 is 2.87 bits per heavy atom. The van der Waals surface area contributed by atoms with Gasteiger partial charge in [-0.05, 0) is 45.1 Å². The number of aromatic amines is 1. The van der Waals surface area contributed by atoms with Crippen LogP contribution in [0.15, 0.2) is 4.42 Å². The van der Waals surface area contributed by atoms with Crippen LogP contribution < -0.4 is 0 Å². The number of hydrogen-bond acceptors (Lipinski definition) is 5. The molecule has 2 aromatic rings. The molecule has 23 heavy (non-hydrogen) atoms. The third-order valence-electron chi connectivity index (χ3n) is 4.97. The van der Waals surface area contributed by atoms with Crippen LogP contribution in [0.5, 0.6) is 0 Å². The standard InChI is InChI=1S/C17H25N5O/c1-11(2)17-21-20-15(23-17)10-22-9-5-8-14(22)16-18-12-6-3-4-7-13(12)19-16/h11,14H,3-10H2,1-2H3,(H,18,19)/t14-/m1/s1. The third kappa shape index (κ3) is 2.92. The van der Waals surface area contributed by atoms with Gasteiger partial charge in [0.25, 0.3) is 0 Å². The molecule has 0 unspecified atom stereocenters. The van der Waals surface area contributed by atoms with E-state index in [-0.39, 0.29) is 5.92 Å². The summed E-state index contributed by atoms with van der Waals surface area (Å²) in [5, 5.41) is 8.35. The predicted octanol–water partition coefficient (Wildman–Crippen LogP) is 3.13. The molecule has 4 rings (SSSR count). The van der Waals surface area contributed by atoms with Crippen molar-refractivity contribution in [3.05, 3.63) is 29.0 Å². The van der Waals surface area contributed by atoms with Crippen molar-refractivity contribution in [1.29, 1.82) is 0 Å². The van der Waals surface area contributed by atoms with Gasteiger partial charge in [0, 0.05) is 11.6 Å². The summed E-state index contributed by atoms with van der Waals surface area (Å²) in [6.45, 7) is 5.93. The molecule has 1 aliphatic heterocycles. The van der Waals surface area contributed by atoms with Gasteiger partial charge in [-0.2, -0.15) is 0 Å². The fraction of sp³-hybridized carbons (Fsp3) is 0.706. The van der Waals surface area contributed by atoms with Crippen LogP contribution in [0.25, 0.3) is 0 Å². The first-order valence-electron chi connectivity index (χ1n) is 8.84. The Kier molecular flexibility index (Phi) is 3.93. The quantitative estimate of drug-likeness (QED) is 0.938. The van der Waals surface area contributed by atoms with Crippen molar-refractivity contribution in [3.63, 3.8) is 0 Å². The highest BCUT2D eigenvalue weighted by atomic mass is 16.4. The number of likely N-dealkylation sites (tertiary alicyclic amines) is 1. The molecule has 124 valence electrons. The number of H-pyrrole nitrogens is 1. The lowest BCUT2D eigenvalue weighted by atomic mass is 10.0. The third-order valence-corrected chi connectivity index (χ3v) is 4.97. The summed E-state index contributed by atoms with van der Waals surface area (Å²) in [5.41, 5.74) is 2.65. The number of nitrogens with zero attached hydrogens (tertiary/aromatic N) is 4. The smallest absolute Gasteiger partial charge is 0.230 e. The molecular weight excluding hydrogens is 290 g/mol. The largest absolute Gasteiger partial charge is 0.424 e. The normalized spacial score (nSPS) is 22.0. The Hall–Kier alpha value is -1.69. The minimum Gasteiger partial charge on any atom is -0.424 e. The van der Waals surface area contributed by atoms with Crippen LogP contribution in [0.4, 0.5) is 0 Å². The van der Waals surface area contributed by atoms with Crippen LogP contribution in [0.1, 0.15) is 80.5 Å². The van der Waals surface area contributed by atoms with Crippen molar-refractivity contribution in [3.8, 4) is 0 Å². The van der Waals surface area contributed by atoms with Crippen molar-refractivity contribution < 1.29 is 4.42 Å². The molecule has 1 atom stereocenters. The van der Waals surface area contributed by atoms with E-state index >= 15 is 0 Å². The van der Waals surface area contributed by atoms with Crippen LogP contribution in [-0.4, -0.2) is 31.6 Å². The van der Waals surface area contributed by atoms with Crippen LogP contribution in [0, 0.1) is 0 Å². The van der Waals surface area contributed by atoms with Crippen molar-refractivity contribution in [1.82, 2.24) is 25.1 Å². The summed E-state index contributed by atoms with van der Waals surface area (Å²) < 4.78 is 5.78. The van der Waals surface area contributed by atoms with E-state index in [9.17, 15) is 0 Å². The maximum atomic E-state index is 5.78. The summed E-state index contributed by atoms with van der Waals surface area (Å²) in [6, 6.07) is 0.356. The Morgan fingerprint density at radius 2 is 2.09 bits per heavy atom. The molecular formula is C17H25N5O. The fourth-order valence-electron chi connectivity index (χ4n) is 3.70. The molecule has 0 aromatic carbocycles. The summed E-state index contributed by atoms with van der Waals surface area (Å²) in [4.78, 5) is 10.9. The van der Waals surface area contributed by atoms with Gasteiger partial charge in [0.1, 0.15) is 5.82 Å².